The van der Waals surface area contributed by atoms with E-state index in [9.17, 15) is 0 Å². The number of benzene rings is 7. The molecule has 292 valence electrons. The van der Waals surface area contributed by atoms with Crippen LogP contribution in [0.25, 0.3) is 49.7 Å². The van der Waals surface area contributed by atoms with Crippen LogP contribution in [-0.2, 0) is 10.8 Å². The van der Waals surface area contributed by atoms with Crippen molar-refractivity contribution in [2.24, 2.45) is 29.6 Å². The predicted molar refractivity (Wildman–Crippen MR) is 251 cm³/mol. The molecule has 1 unspecified atom stereocenters. The van der Waals surface area contributed by atoms with Crippen molar-refractivity contribution < 1.29 is 0 Å². The second-order valence-corrected chi connectivity index (χ2v) is 19.6. The van der Waals surface area contributed by atoms with Gasteiger partial charge in [-0.05, 0) is 159 Å². The van der Waals surface area contributed by atoms with Gasteiger partial charge in [0.2, 0.25) is 0 Å². The molecule has 1 spiro atoms. The van der Waals surface area contributed by atoms with Gasteiger partial charge in [-0.1, -0.05) is 153 Å². The first-order valence-corrected chi connectivity index (χ1v) is 22.7. The maximum Gasteiger partial charge on any atom is 0.0543 e. The smallest absolute Gasteiger partial charge is 0.0543 e. The lowest BCUT2D eigenvalue weighted by molar-refractivity contribution is -0.0748. The van der Waals surface area contributed by atoms with Crippen molar-refractivity contribution in [1.82, 2.24) is 0 Å². The van der Waals surface area contributed by atoms with Gasteiger partial charge < -0.3 is 4.90 Å². The molecule has 1 atom stereocenters. The van der Waals surface area contributed by atoms with E-state index < -0.39 is 0 Å². The van der Waals surface area contributed by atoms with Gasteiger partial charge in [0.25, 0.3) is 0 Å². The molecule has 4 bridgehead atoms. The summed E-state index contributed by atoms with van der Waals surface area (Å²) in [6.45, 7) is 4.77. The minimum atomic E-state index is -0.0952. The number of hydrogen-bond acceptors (Lipinski definition) is 1. The van der Waals surface area contributed by atoms with Crippen molar-refractivity contribution in [3.8, 4) is 33.4 Å². The average Bonchev–Trinajstić information content (AvgIpc) is 3.71. The lowest BCUT2D eigenvalue weighted by Gasteiger charge is -2.62. The fraction of sp³-hybridized carbons (Fsp3) is 0.254. The first kappa shape index (κ1) is 34.9. The zero-order valence-corrected chi connectivity index (χ0v) is 34.7. The van der Waals surface area contributed by atoms with Crippen LogP contribution in [-0.4, -0.2) is 0 Å². The number of anilines is 3. The Morgan fingerprint density at radius 2 is 1.15 bits per heavy atom. The Morgan fingerprint density at radius 1 is 0.500 bits per heavy atom. The molecule has 0 aromatic heterocycles. The number of nitrogens with zero attached hydrogens (tertiary/aromatic N) is 1. The van der Waals surface area contributed by atoms with Crippen LogP contribution in [0.15, 0.2) is 170 Å². The van der Waals surface area contributed by atoms with E-state index in [1.54, 1.807) is 16.7 Å². The molecule has 60 heavy (non-hydrogen) atoms. The van der Waals surface area contributed by atoms with Crippen molar-refractivity contribution in [2.75, 3.05) is 4.90 Å². The monoisotopic (exact) mass is 773 g/mol. The second-order valence-electron chi connectivity index (χ2n) is 19.6. The fourth-order valence-electron chi connectivity index (χ4n) is 14.4. The topological polar surface area (TPSA) is 3.24 Å². The number of allylic oxidation sites excluding steroid dienone is 4. The normalized spacial score (nSPS) is 25.8. The number of rotatable bonds is 5. The molecule has 1 nitrogen and oxygen atoms in total. The Bertz CT molecular complexity index is 2910. The van der Waals surface area contributed by atoms with Gasteiger partial charge in [-0.15, -0.1) is 0 Å². The molecular weight excluding hydrogens is 723 g/mol. The van der Waals surface area contributed by atoms with E-state index in [-0.39, 0.29) is 5.41 Å². The van der Waals surface area contributed by atoms with E-state index in [1.807, 2.05) is 0 Å². The minimum Gasteiger partial charge on any atom is -0.309 e. The Balaban J connectivity index is 0.987. The summed E-state index contributed by atoms with van der Waals surface area (Å²) >= 11 is 0. The molecule has 7 aliphatic carbocycles. The molecule has 4 fully saturated rings. The van der Waals surface area contributed by atoms with Crippen LogP contribution in [0.3, 0.4) is 0 Å². The molecule has 14 rings (SSSR count). The van der Waals surface area contributed by atoms with Gasteiger partial charge in [0.05, 0.1) is 11.4 Å². The Labute approximate surface area is 355 Å². The summed E-state index contributed by atoms with van der Waals surface area (Å²) in [5.74, 6) is 4.25. The van der Waals surface area contributed by atoms with Gasteiger partial charge in [0.15, 0.2) is 0 Å². The van der Waals surface area contributed by atoms with Gasteiger partial charge in [0, 0.05) is 27.5 Å². The SMILES string of the molecule is CC1(C)c2ccccc2-c2c(N(c3ccc(-c4ccccc4)cc3)c3cccc4c(-c5ccc6c(c5)C5=CC=CCC5C65C6CC7CC(C6)CC5C7)cccc34)cccc21. The van der Waals surface area contributed by atoms with E-state index >= 15 is 0 Å². The summed E-state index contributed by atoms with van der Waals surface area (Å²) in [6.07, 6.45) is 15.8. The zero-order chi connectivity index (χ0) is 39.7. The summed E-state index contributed by atoms with van der Waals surface area (Å²) in [7, 11) is 0. The highest BCUT2D eigenvalue weighted by Crippen LogP contribution is 2.71. The van der Waals surface area contributed by atoms with Crippen LogP contribution >= 0.6 is 0 Å². The van der Waals surface area contributed by atoms with E-state index in [1.165, 1.54) is 105 Å². The Hall–Kier alpha value is -5.92. The summed E-state index contributed by atoms with van der Waals surface area (Å²) in [5.41, 5.74) is 19.2. The van der Waals surface area contributed by atoms with Crippen molar-refractivity contribution in [2.45, 2.75) is 63.2 Å². The average molecular weight is 774 g/mol. The van der Waals surface area contributed by atoms with Gasteiger partial charge >= 0.3 is 0 Å². The first-order valence-electron chi connectivity index (χ1n) is 22.7. The molecule has 4 saturated carbocycles. The summed E-state index contributed by atoms with van der Waals surface area (Å²) in [5, 5.41) is 2.56. The molecular formula is C59H51N. The summed E-state index contributed by atoms with van der Waals surface area (Å²) in [6, 6.07) is 57.7. The molecule has 0 N–H and O–H groups in total. The van der Waals surface area contributed by atoms with Crippen LogP contribution in [0, 0.1) is 29.6 Å². The zero-order valence-electron chi connectivity index (χ0n) is 34.7. The minimum absolute atomic E-state index is 0.0952. The third-order valence-electron chi connectivity index (χ3n) is 16.5. The molecule has 0 aliphatic heterocycles. The maximum absolute atomic E-state index is 2.61. The summed E-state index contributed by atoms with van der Waals surface area (Å²) < 4.78 is 0. The third-order valence-corrected chi connectivity index (χ3v) is 16.5. The lowest BCUT2D eigenvalue weighted by Crippen LogP contribution is -2.57. The molecule has 7 aromatic rings. The molecule has 7 aromatic carbocycles. The van der Waals surface area contributed by atoms with Crippen molar-refractivity contribution in [1.29, 1.82) is 0 Å². The summed E-state index contributed by atoms with van der Waals surface area (Å²) in [4.78, 5) is 2.54. The second kappa shape index (κ2) is 12.8. The first-order chi connectivity index (χ1) is 29.5. The largest absolute Gasteiger partial charge is 0.309 e. The van der Waals surface area contributed by atoms with Crippen LogP contribution in [0.4, 0.5) is 17.1 Å². The highest BCUT2D eigenvalue weighted by Gasteiger charge is 2.64. The van der Waals surface area contributed by atoms with Crippen LogP contribution in [0.5, 0.6) is 0 Å². The molecule has 0 heterocycles. The van der Waals surface area contributed by atoms with E-state index in [4.69, 9.17) is 0 Å². The van der Waals surface area contributed by atoms with Gasteiger partial charge in [-0.25, -0.2) is 0 Å². The molecule has 0 saturated heterocycles. The van der Waals surface area contributed by atoms with Gasteiger partial charge in [-0.3, -0.25) is 0 Å². The molecule has 7 aliphatic rings. The third kappa shape index (κ3) is 4.75. The highest BCUT2D eigenvalue weighted by molar-refractivity contribution is 6.07. The van der Waals surface area contributed by atoms with Crippen LogP contribution in [0.2, 0.25) is 0 Å². The highest BCUT2D eigenvalue weighted by atomic mass is 15.1. The van der Waals surface area contributed by atoms with Gasteiger partial charge in [0.1, 0.15) is 0 Å². The van der Waals surface area contributed by atoms with E-state index in [2.05, 4.69) is 189 Å². The molecule has 0 radical (unpaired) electrons. The number of fused-ring (bicyclic) bond motifs is 7. The van der Waals surface area contributed by atoms with E-state index in [0.29, 0.717) is 11.3 Å². The van der Waals surface area contributed by atoms with Crippen molar-refractivity contribution in [3.63, 3.8) is 0 Å². The van der Waals surface area contributed by atoms with Crippen molar-refractivity contribution >= 4 is 33.4 Å². The molecule has 0 amide bonds. The Kier molecular flexibility index (Phi) is 7.44. The predicted octanol–water partition coefficient (Wildman–Crippen LogP) is 15.6. The quantitative estimate of drug-likeness (QED) is 0.168. The van der Waals surface area contributed by atoms with Gasteiger partial charge in [-0.2, -0.15) is 0 Å². The Morgan fingerprint density at radius 3 is 1.97 bits per heavy atom. The van der Waals surface area contributed by atoms with E-state index in [0.717, 1.165) is 29.4 Å². The lowest BCUT2D eigenvalue weighted by atomic mass is 9.41. The fourth-order valence-corrected chi connectivity index (χ4v) is 14.4. The van der Waals surface area contributed by atoms with Crippen molar-refractivity contribution in [3.05, 3.63) is 192 Å². The number of hydrogen-bond donors (Lipinski definition) is 0. The van der Waals surface area contributed by atoms with Crippen LogP contribution in [0.1, 0.15) is 74.6 Å². The standard InChI is InChI=1S/C59H51N/c1-58(2)51-20-8-7-16-49(51)57-54(58)22-12-24-56(57)60(44-28-25-40(26-29-44)39-13-4-3-5-14-39)55-23-11-18-46-45(17-10-19-48(46)55)41-27-30-53-50(36-41)47-15-6-9-21-52(47)59(53)42-32-37-31-38(34-42)35-43(59)33-37/h3-20,22-30,36-38,42-43,52H,21,31-35H2,1-2H3. The molecule has 1 heteroatoms. The maximum atomic E-state index is 2.61. The van der Waals surface area contributed by atoms with Crippen LogP contribution < -0.4 is 4.90 Å².